The van der Waals surface area contributed by atoms with Crippen LogP contribution in [0.1, 0.15) is 35.6 Å². The lowest BCUT2D eigenvalue weighted by atomic mass is 9.94. The Hall–Kier alpha value is -3.03. The number of hydrogen-bond acceptors (Lipinski definition) is 6. The minimum absolute atomic E-state index is 0.0144. The fourth-order valence-corrected chi connectivity index (χ4v) is 4.99. The van der Waals surface area contributed by atoms with Crippen molar-refractivity contribution in [3.8, 4) is 5.75 Å². The monoisotopic (exact) mass is 484 g/mol. The number of aliphatic hydroxyl groups excluding tert-OH is 1. The van der Waals surface area contributed by atoms with Gasteiger partial charge in [0, 0.05) is 32.9 Å². The van der Waals surface area contributed by atoms with Crippen molar-refractivity contribution in [1.82, 2.24) is 4.90 Å². The number of aryl methyl sites for hydroxylation is 1. The molecule has 2 aliphatic heterocycles. The zero-order chi connectivity index (χ0) is 24.6. The second kappa shape index (κ2) is 9.68. The van der Waals surface area contributed by atoms with Crippen LogP contribution in [0.25, 0.3) is 5.76 Å². The molecule has 2 aromatic carbocycles. The maximum absolute atomic E-state index is 13.3. The average Bonchev–Trinajstić information content (AvgIpc) is 3.40. The molecule has 2 unspecified atom stereocenters. The van der Waals surface area contributed by atoms with E-state index in [1.807, 2.05) is 50.2 Å². The molecule has 0 aromatic heterocycles. The highest BCUT2D eigenvalue weighted by Gasteiger charge is 2.47. The molecular formula is C26H29ClN2O5. The summed E-state index contributed by atoms with van der Waals surface area (Å²) in [5.74, 6) is -1.46. The van der Waals surface area contributed by atoms with Crippen LogP contribution in [0.15, 0.2) is 42.0 Å². The number of halogens is 1. The van der Waals surface area contributed by atoms with E-state index in [1.165, 1.54) is 12.0 Å². The van der Waals surface area contributed by atoms with Gasteiger partial charge in [-0.2, -0.15) is 0 Å². The summed E-state index contributed by atoms with van der Waals surface area (Å²) in [6.07, 6.45) is 1.58. The summed E-state index contributed by atoms with van der Waals surface area (Å²) in [5.41, 5.74) is 2.78. The van der Waals surface area contributed by atoms with Gasteiger partial charge in [-0.3, -0.25) is 9.59 Å². The highest BCUT2D eigenvalue weighted by molar-refractivity contribution is 6.46. The van der Waals surface area contributed by atoms with Gasteiger partial charge in [0.15, 0.2) is 0 Å². The first-order valence-corrected chi connectivity index (χ1v) is 11.6. The van der Waals surface area contributed by atoms with Crippen LogP contribution in [0.3, 0.4) is 0 Å². The minimum atomic E-state index is -0.760. The van der Waals surface area contributed by atoms with Crippen molar-refractivity contribution in [3.63, 3.8) is 0 Å². The van der Waals surface area contributed by atoms with Crippen molar-refractivity contribution < 1.29 is 24.2 Å². The Morgan fingerprint density at radius 3 is 2.53 bits per heavy atom. The highest BCUT2D eigenvalue weighted by atomic mass is 35.5. The minimum Gasteiger partial charge on any atom is -0.507 e. The van der Waals surface area contributed by atoms with E-state index >= 15 is 0 Å². The number of nitrogens with zero attached hydrogens (tertiary/aromatic N) is 2. The van der Waals surface area contributed by atoms with Crippen LogP contribution < -0.4 is 9.64 Å². The van der Waals surface area contributed by atoms with E-state index in [-0.39, 0.29) is 35.3 Å². The molecule has 0 aliphatic carbocycles. The van der Waals surface area contributed by atoms with Crippen LogP contribution >= 0.6 is 11.6 Å². The predicted octanol–water partition coefficient (Wildman–Crippen LogP) is 4.32. The number of Topliss-reactive ketones (excluding diaryl/α,β-unsaturated/α-hetero) is 1. The Morgan fingerprint density at radius 2 is 1.94 bits per heavy atom. The number of benzene rings is 2. The smallest absolute Gasteiger partial charge is 0.295 e. The molecule has 0 radical (unpaired) electrons. The van der Waals surface area contributed by atoms with E-state index in [4.69, 9.17) is 21.1 Å². The number of anilines is 1. The second-order valence-corrected chi connectivity index (χ2v) is 9.31. The van der Waals surface area contributed by atoms with Gasteiger partial charge in [-0.05, 0) is 55.2 Å². The van der Waals surface area contributed by atoms with E-state index in [2.05, 4.69) is 0 Å². The zero-order valence-electron chi connectivity index (χ0n) is 19.8. The maximum atomic E-state index is 13.3. The molecule has 2 saturated heterocycles. The van der Waals surface area contributed by atoms with E-state index in [0.29, 0.717) is 11.6 Å². The highest BCUT2D eigenvalue weighted by Crippen LogP contribution is 2.43. The van der Waals surface area contributed by atoms with E-state index < -0.39 is 17.7 Å². The van der Waals surface area contributed by atoms with Gasteiger partial charge in [-0.25, -0.2) is 0 Å². The number of amides is 1. The summed E-state index contributed by atoms with van der Waals surface area (Å²) in [5, 5.41) is 11.7. The second-order valence-electron chi connectivity index (χ2n) is 8.90. The van der Waals surface area contributed by atoms with Gasteiger partial charge < -0.3 is 24.4 Å². The van der Waals surface area contributed by atoms with E-state index in [9.17, 15) is 14.7 Å². The number of aliphatic hydroxyl groups is 1. The molecule has 7 nitrogen and oxygen atoms in total. The molecule has 2 fully saturated rings. The molecule has 34 heavy (non-hydrogen) atoms. The van der Waals surface area contributed by atoms with Crippen molar-refractivity contribution in [2.75, 3.05) is 39.3 Å². The summed E-state index contributed by atoms with van der Waals surface area (Å²) < 4.78 is 11.2. The lowest BCUT2D eigenvalue weighted by molar-refractivity contribution is -0.140. The van der Waals surface area contributed by atoms with E-state index in [1.54, 1.807) is 12.1 Å². The standard InChI is InChI=1S/C26H29ClN2O5/c1-15-12-19(25(33-4)20(27)13-15)23(30)21-22(16-7-9-17(10-8-16)28(2)3)29(26(32)24(21)31)14-18-6-5-11-34-18/h7-10,12-13,18,22,30H,5-6,11,14H2,1-4H3/b23-21+. The molecule has 2 aromatic rings. The Bertz CT molecular complexity index is 1140. The number of carbonyl (C=O) groups excluding carboxylic acids is 2. The average molecular weight is 485 g/mol. The van der Waals surface area contributed by atoms with Gasteiger partial charge in [-0.15, -0.1) is 0 Å². The molecule has 2 heterocycles. The zero-order valence-corrected chi connectivity index (χ0v) is 20.6. The van der Waals surface area contributed by atoms with Crippen LogP contribution in [0.4, 0.5) is 5.69 Å². The van der Waals surface area contributed by atoms with Crippen molar-refractivity contribution >= 4 is 34.7 Å². The summed E-state index contributed by atoms with van der Waals surface area (Å²) in [6.45, 7) is 2.73. The molecule has 2 atom stereocenters. The van der Waals surface area contributed by atoms with Gasteiger partial charge in [0.05, 0.1) is 35.4 Å². The number of methoxy groups -OCH3 is 1. The summed E-state index contributed by atoms with van der Waals surface area (Å²) in [4.78, 5) is 30.0. The first kappa shape index (κ1) is 24.1. The summed E-state index contributed by atoms with van der Waals surface area (Å²) >= 11 is 6.35. The lowest BCUT2D eigenvalue weighted by Crippen LogP contribution is -2.36. The SMILES string of the molecule is COc1c(Cl)cc(C)cc1/C(O)=C1\C(=O)C(=O)N(CC2CCCO2)C1c1ccc(N(C)C)cc1. The third-order valence-electron chi connectivity index (χ3n) is 6.34. The molecule has 4 rings (SSSR count). The number of carbonyl (C=O) groups is 2. The van der Waals surface area contributed by atoms with Crippen molar-refractivity contribution in [2.24, 2.45) is 0 Å². The number of ketones is 1. The number of hydrogen-bond donors (Lipinski definition) is 1. The first-order valence-electron chi connectivity index (χ1n) is 11.2. The van der Waals surface area contributed by atoms with Crippen molar-refractivity contribution in [3.05, 3.63) is 63.7 Å². The van der Waals surface area contributed by atoms with Gasteiger partial charge in [0.25, 0.3) is 11.7 Å². The van der Waals surface area contributed by atoms with Crippen LogP contribution in [0.2, 0.25) is 5.02 Å². The van der Waals surface area contributed by atoms with Crippen molar-refractivity contribution in [2.45, 2.75) is 31.9 Å². The van der Waals surface area contributed by atoms with Gasteiger partial charge in [0.2, 0.25) is 0 Å². The van der Waals surface area contributed by atoms with Gasteiger partial charge in [-0.1, -0.05) is 23.7 Å². The maximum Gasteiger partial charge on any atom is 0.295 e. The predicted molar refractivity (Wildman–Crippen MR) is 131 cm³/mol. The molecule has 0 saturated carbocycles. The largest absolute Gasteiger partial charge is 0.507 e. The van der Waals surface area contributed by atoms with Crippen molar-refractivity contribution in [1.29, 1.82) is 0 Å². The summed E-state index contributed by atoms with van der Waals surface area (Å²) in [6, 6.07) is 10.2. The van der Waals surface area contributed by atoms with Gasteiger partial charge >= 0.3 is 0 Å². The molecule has 8 heteroatoms. The Balaban J connectivity index is 1.88. The third kappa shape index (κ3) is 4.38. The van der Waals surface area contributed by atoms with Gasteiger partial charge in [0.1, 0.15) is 11.5 Å². The van der Waals surface area contributed by atoms with Crippen LogP contribution in [0, 0.1) is 6.92 Å². The normalized spacial score (nSPS) is 21.9. The fraction of sp³-hybridized carbons (Fsp3) is 0.385. The summed E-state index contributed by atoms with van der Waals surface area (Å²) in [7, 11) is 5.32. The topological polar surface area (TPSA) is 79.3 Å². The first-order chi connectivity index (χ1) is 16.2. The molecule has 1 N–H and O–H groups in total. The van der Waals surface area contributed by atoms with Crippen LogP contribution in [-0.2, 0) is 14.3 Å². The molecule has 0 spiro atoms. The Kier molecular flexibility index (Phi) is 6.86. The third-order valence-corrected chi connectivity index (χ3v) is 6.62. The Labute approximate surface area is 204 Å². The molecule has 180 valence electrons. The number of rotatable bonds is 6. The molecule has 1 amide bonds. The number of likely N-dealkylation sites (tertiary alicyclic amines) is 1. The fourth-order valence-electron chi connectivity index (χ4n) is 4.63. The Morgan fingerprint density at radius 1 is 1.24 bits per heavy atom. The molecule has 2 aliphatic rings. The molecular weight excluding hydrogens is 456 g/mol. The number of ether oxygens (including phenoxy) is 2. The molecule has 0 bridgehead atoms. The van der Waals surface area contributed by atoms with E-state index in [0.717, 1.165) is 29.7 Å². The quantitative estimate of drug-likeness (QED) is 0.373. The van der Waals surface area contributed by atoms with Crippen LogP contribution in [-0.4, -0.2) is 62.2 Å². The van der Waals surface area contributed by atoms with Crippen LogP contribution in [0.5, 0.6) is 5.75 Å². The lowest BCUT2D eigenvalue weighted by Gasteiger charge is -2.28.